The molecule has 0 aliphatic rings. The molecule has 2 aromatic rings. The van der Waals surface area contributed by atoms with Gasteiger partial charge in [-0.3, -0.25) is 0 Å². The van der Waals surface area contributed by atoms with Gasteiger partial charge >= 0.3 is 0 Å². The van der Waals surface area contributed by atoms with Gasteiger partial charge in [0.05, 0.1) is 7.05 Å². The van der Waals surface area contributed by atoms with Crippen molar-refractivity contribution in [3.8, 4) is 11.6 Å². The van der Waals surface area contributed by atoms with E-state index in [4.69, 9.17) is 9.52 Å². The number of hydrogen-bond donors (Lipinski definition) is 1. The minimum atomic E-state index is -0.125. The fourth-order valence-electron chi connectivity index (χ4n) is 0.966. The highest BCUT2D eigenvalue weighted by atomic mass is 16.4. The molecule has 0 fully saturated rings. The highest BCUT2D eigenvalue weighted by Gasteiger charge is 2.08. The molecule has 6 heteroatoms. The SMILES string of the molecule is Cn1nnc(-c2ccc(CO)o2)n1. The molecule has 2 rings (SSSR count). The van der Waals surface area contributed by atoms with Crippen molar-refractivity contribution in [3.05, 3.63) is 17.9 Å². The minimum Gasteiger partial charge on any atom is -0.455 e. The van der Waals surface area contributed by atoms with E-state index >= 15 is 0 Å². The van der Waals surface area contributed by atoms with Gasteiger partial charge in [0.1, 0.15) is 12.4 Å². The lowest BCUT2D eigenvalue weighted by atomic mass is 10.4. The molecule has 6 nitrogen and oxygen atoms in total. The van der Waals surface area contributed by atoms with Gasteiger partial charge in [0.25, 0.3) is 0 Å². The Morgan fingerprint density at radius 2 is 2.38 bits per heavy atom. The topological polar surface area (TPSA) is 77.0 Å². The summed E-state index contributed by atoms with van der Waals surface area (Å²) in [4.78, 5) is 1.34. The molecule has 2 aromatic heterocycles. The second-order valence-electron chi connectivity index (χ2n) is 2.53. The molecule has 68 valence electrons. The van der Waals surface area contributed by atoms with Crippen molar-refractivity contribution in [2.45, 2.75) is 6.61 Å². The van der Waals surface area contributed by atoms with Gasteiger partial charge in [-0.1, -0.05) is 0 Å². The molecular weight excluding hydrogens is 172 g/mol. The van der Waals surface area contributed by atoms with Gasteiger partial charge in [0.15, 0.2) is 5.76 Å². The van der Waals surface area contributed by atoms with Crippen LogP contribution in [0.15, 0.2) is 16.5 Å². The molecule has 0 aliphatic carbocycles. The third-order valence-corrected chi connectivity index (χ3v) is 1.55. The number of aliphatic hydroxyl groups is 1. The number of hydrogen-bond acceptors (Lipinski definition) is 5. The number of rotatable bonds is 2. The van der Waals surface area contributed by atoms with Gasteiger partial charge in [-0.15, -0.1) is 10.2 Å². The van der Waals surface area contributed by atoms with E-state index < -0.39 is 0 Å². The zero-order chi connectivity index (χ0) is 9.26. The molecule has 13 heavy (non-hydrogen) atoms. The van der Waals surface area contributed by atoms with E-state index in [1.54, 1.807) is 19.2 Å². The molecule has 0 aliphatic heterocycles. The lowest BCUT2D eigenvalue weighted by Crippen LogP contribution is -1.91. The molecule has 2 heterocycles. The molecule has 0 spiro atoms. The summed E-state index contributed by atoms with van der Waals surface area (Å²) in [5, 5.41) is 20.1. The number of aliphatic hydroxyl groups excluding tert-OH is 1. The van der Waals surface area contributed by atoms with Crippen LogP contribution < -0.4 is 0 Å². The molecule has 0 bridgehead atoms. The number of aryl methyl sites for hydroxylation is 1. The monoisotopic (exact) mass is 180 g/mol. The molecule has 0 radical (unpaired) electrons. The third kappa shape index (κ3) is 1.43. The van der Waals surface area contributed by atoms with Crippen molar-refractivity contribution in [1.29, 1.82) is 0 Å². The molecular formula is C7H8N4O2. The predicted octanol–water partition coefficient (Wildman–Crippen LogP) is -0.0376. The maximum absolute atomic E-state index is 8.75. The molecule has 0 aromatic carbocycles. The number of tetrazole rings is 1. The maximum atomic E-state index is 8.75. The third-order valence-electron chi connectivity index (χ3n) is 1.55. The number of nitrogens with zero attached hydrogens (tertiary/aromatic N) is 4. The Morgan fingerprint density at radius 3 is 2.92 bits per heavy atom. The van der Waals surface area contributed by atoms with Gasteiger partial charge in [-0.05, 0) is 17.3 Å². The van der Waals surface area contributed by atoms with Gasteiger partial charge in [-0.2, -0.15) is 4.80 Å². The van der Waals surface area contributed by atoms with Crippen LogP contribution in [-0.2, 0) is 13.7 Å². The normalized spacial score (nSPS) is 10.6. The van der Waals surface area contributed by atoms with E-state index in [0.29, 0.717) is 17.3 Å². The summed E-state index contributed by atoms with van der Waals surface area (Å²) in [6, 6.07) is 3.37. The second-order valence-corrected chi connectivity index (χ2v) is 2.53. The fourth-order valence-corrected chi connectivity index (χ4v) is 0.966. The first-order chi connectivity index (χ1) is 6.29. The average molecular weight is 180 g/mol. The first kappa shape index (κ1) is 7.93. The summed E-state index contributed by atoms with van der Waals surface area (Å²) in [6.07, 6.45) is 0. The second kappa shape index (κ2) is 2.98. The highest BCUT2D eigenvalue weighted by Crippen LogP contribution is 2.16. The lowest BCUT2D eigenvalue weighted by Gasteiger charge is -1.86. The summed E-state index contributed by atoms with van der Waals surface area (Å²) in [6.45, 7) is -0.125. The highest BCUT2D eigenvalue weighted by molar-refractivity contribution is 5.45. The first-order valence-corrected chi connectivity index (χ1v) is 3.73. The standard InChI is InChI=1S/C7H8N4O2/c1-11-9-7(8-10-11)6-3-2-5(4-12)13-6/h2-3,12H,4H2,1H3. The van der Waals surface area contributed by atoms with Crippen LogP contribution in [0, 0.1) is 0 Å². The van der Waals surface area contributed by atoms with E-state index in [2.05, 4.69) is 15.4 Å². The number of aromatic nitrogens is 4. The largest absolute Gasteiger partial charge is 0.455 e. The van der Waals surface area contributed by atoms with Gasteiger partial charge in [0.2, 0.25) is 5.82 Å². The van der Waals surface area contributed by atoms with Crippen molar-refractivity contribution in [1.82, 2.24) is 20.2 Å². The summed E-state index contributed by atoms with van der Waals surface area (Å²) in [5.74, 6) is 1.42. The van der Waals surface area contributed by atoms with Crippen LogP contribution in [-0.4, -0.2) is 25.3 Å². The molecule has 0 saturated carbocycles. The van der Waals surface area contributed by atoms with Crippen molar-refractivity contribution < 1.29 is 9.52 Å². The Hall–Kier alpha value is -1.69. The summed E-state index contributed by atoms with van der Waals surface area (Å²) < 4.78 is 5.20. The summed E-state index contributed by atoms with van der Waals surface area (Å²) in [5.41, 5.74) is 0. The van der Waals surface area contributed by atoms with Crippen LogP contribution in [0.25, 0.3) is 11.6 Å². The fraction of sp³-hybridized carbons (Fsp3) is 0.286. The van der Waals surface area contributed by atoms with Gasteiger partial charge < -0.3 is 9.52 Å². The summed E-state index contributed by atoms with van der Waals surface area (Å²) >= 11 is 0. The molecule has 0 atom stereocenters. The molecule has 0 saturated heterocycles. The molecule has 0 amide bonds. The quantitative estimate of drug-likeness (QED) is 0.701. The van der Waals surface area contributed by atoms with E-state index in [1.165, 1.54) is 4.80 Å². The van der Waals surface area contributed by atoms with E-state index in [-0.39, 0.29) is 6.61 Å². The van der Waals surface area contributed by atoms with Crippen LogP contribution in [0.5, 0.6) is 0 Å². The Labute approximate surface area is 73.8 Å². The smallest absolute Gasteiger partial charge is 0.240 e. The zero-order valence-electron chi connectivity index (χ0n) is 7.01. The van der Waals surface area contributed by atoms with Crippen LogP contribution in [0.4, 0.5) is 0 Å². The van der Waals surface area contributed by atoms with Gasteiger partial charge in [0, 0.05) is 0 Å². The van der Waals surface area contributed by atoms with Crippen molar-refractivity contribution >= 4 is 0 Å². The van der Waals surface area contributed by atoms with Crippen molar-refractivity contribution in [3.63, 3.8) is 0 Å². The molecule has 0 unspecified atom stereocenters. The minimum absolute atomic E-state index is 0.125. The lowest BCUT2D eigenvalue weighted by molar-refractivity contribution is 0.248. The van der Waals surface area contributed by atoms with E-state index in [0.717, 1.165) is 0 Å². The van der Waals surface area contributed by atoms with E-state index in [1.807, 2.05) is 0 Å². The Bertz CT molecular complexity index is 406. The van der Waals surface area contributed by atoms with Crippen LogP contribution in [0.1, 0.15) is 5.76 Å². The van der Waals surface area contributed by atoms with Crippen LogP contribution in [0.2, 0.25) is 0 Å². The average Bonchev–Trinajstić information content (AvgIpc) is 2.71. The Balaban J connectivity index is 2.35. The predicted molar refractivity (Wildman–Crippen MR) is 42.4 cm³/mol. The number of furan rings is 1. The van der Waals surface area contributed by atoms with Gasteiger partial charge in [-0.25, -0.2) is 0 Å². The Kier molecular flexibility index (Phi) is 1.82. The first-order valence-electron chi connectivity index (χ1n) is 3.73. The summed E-state index contributed by atoms with van der Waals surface area (Å²) in [7, 11) is 1.67. The maximum Gasteiger partial charge on any atom is 0.240 e. The van der Waals surface area contributed by atoms with Crippen molar-refractivity contribution in [2.75, 3.05) is 0 Å². The van der Waals surface area contributed by atoms with Crippen LogP contribution in [0.3, 0.4) is 0 Å². The Morgan fingerprint density at radius 1 is 1.54 bits per heavy atom. The zero-order valence-corrected chi connectivity index (χ0v) is 7.01. The molecule has 1 N–H and O–H groups in total. The van der Waals surface area contributed by atoms with Crippen molar-refractivity contribution in [2.24, 2.45) is 7.05 Å². The van der Waals surface area contributed by atoms with Crippen LogP contribution >= 0.6 is 0 Å². The van der Waals surface area contributed by atoms with E-state index in [9.17, 15) is 0 Å².